The highest BCUT2D eigenvalue weighted by atomic mass is 16.5. The molecule has 1 aromatic heterocycles. The van der Waals surface area contributed by atoms with Crippen LogP contribution in [0.15, 0.2) is 23.0 Å². The molecule has 3 rings (SSSR count). The molecule has 2 saturated heterocycles. The Bertz CT molecular complexity index is 479. The first kappa shape index (κ1) is 15.5. The summed E-state index contributed by atoms with van der Waals surface area (Å²) >= 11 is 0. The first-order chi connectivity index (χ1) is 10.7. The van der Waals surface area contributed by atoms with Crippen LogP contribution in [0.1, 0.15) is 36.0 Å². The van der Waals surface area contributed by atoms with E-state index in [1.807, 2.05) is 4.90 Å². The summed E-state index contributed by atoms with van der Waals surface area (Å²) in [6.45, 7) is 2.50. The third kappa shape index (κ3) is 3.34. The standard InChI is InChI=1S/C16H23NO5/c18-7-10-21-14-2-9-22-16(11-14)3-5-17(6-4-16)15(19)13-1-8-20-12-13/h1,8,12,14,18H,2-7,9-11H2. The van der Waals surface area contributed by atoms with Gasteiger partial charge in [0.1, 0.15) is 6.26 Å². The molecule has 1 aromatic rings. The maximum atomic E-state index is 12.3. The van der Waals surface area contributed by atoms with Crippen LogP contribution in [0.25, 0.3) is 0 Å². The Hall–Kier alpha value is -1.37. The maximum absolute atomic E-state index is 12.3. The van der Waals surface area contributed by atoms with Gasteiger partial charge in [-0.15, -0.1) is 0 Å². The lowest BCUT2D eigenvalue weighted by atomic mass is 9.83. The average molecular weight is 309 g/mol. The molecule has 1 atom stereocenters. The van der Waals surface area contributed by atoms with E-state index in [4.69, 9.17) is 19.0 Å². The van der Waals surface area contributed by atoms with E-state index >= 15 is 0 Å². The second kappa shape index (κ2) is 6.81. The minimum Gasteiger partial charge on any atom is -0.472 e. The van der Waals surface area contributed by atoms with E-state index in [1.165, 1.54) is 12.5 Å². The van der Waals surface area contributed by atoms with Crippen LogP contribution in [0.2, 0.25) is 0 Å². The van der Waals surface area contributed by atoms with E-state index < -0.39 is 0 Å². The molecule has 3 heterocycles. The lowest BCUT2D eigenvalue weighted by molar-refractivity contribution is -0.154. The van der Waals surface area contributed by atoms with Gasteiger partial charge < -0.3 is 23.9 Å². The van der Waals surface area contributed by atoms with E-state index in [0.717, 1.165) is 25.7 Å². The second-order valence-corrected chi connectivity index (χ2v) is 6.04. The van der Waals surface area contributed by atoms with Crippen LogP contribution in [0, 0.1) is 0 Å². The summed E-state index contributed by atoms with van der Waals surface area (Å²) in [5.74, 6) is 0.0208. The number of amides is 1. The molecule has 6 nitrogen and oxygen atoms in total. The summed E-state index contributed by atoms with van der Waals surface area (Å²) < 4.78 is 16.7. The summed E-state index contributed by atoms with van der Waals surface area (Å²) in [6.07, 6.45) is 6.54. The summed E-state index contributed by atoms with van der Waals surface area (Å²) in [4.78, 5) is 14.2. The van der Waals surface area contributed by atoms with E-state index in [-0.39, 0.29) is 24.2 Å². The number of hydrogen-bond acceptors (Lipinski definition) is 5. The molecule has 0 radical (unpaired) electrons. The third-order valence-electron chi connectivity index (χ3n) is 4.62. The van der Waals surface area contributed by atoms with E-state index in [2.05, 4.69) is 0 Å². The van der Waals surface area contributed by atoms with Gasteiger partial charge in [0.15, 0.2) is 0 Å². The van der Waals surface area contributed by atoms with Gasteiger partial charge in [0, 0.05) is 26.1 Å². The number of nitrogens with zero attached hydrogens (tertiary/aromatic N) is 1. The van der Waals surface area contributed by atoms with Gasteiger partial charge in [-0.1, -0.05) is 0 Å². The Kier molecular flexibility index (Phi) is 4.81. The molecule has 1 unspecified atom stereocenters. The Morgan fingerprint density at radius 1 is 1.45 bits per heavy atom. The fourth-order valence-electron chi connectivity index (χ4n) is 3.38. The van der Waals surface area contributed by atoms with Crippen molar-refractivity contribution in [3.8, 4) is 0 Å². The molecule has 122 valence electrons. The van der Waals surface area contributed by atoms with Gasteiger partial charge in [-0.2, -0.15) is 0 Å². The van der Waals surface area contributed by atoms with Crippen molar-refractivity contribution in [3.63, 3.8) is 0 Å². The third-order valence-corrected chi connectivity index (χ3v) is 4.62. The molecule has 2 fully saturated rings. The van der Waals surface area contributed by atoms with Crippen molar-refractivity contribution in [1.29, 1.82) is 0 Å². The van der Waals surface area contributed by atoms with Gasteiger partial charge in [0.2, 0.25) is 0 Å². The van der Waals surface area contributed by atoms with Crippen LogP contribution in [-0.2, 0) is 9.47 Å². The van der Waals surface area contributed by atoms with Crippen LogP contribution in [0.4, 0.5) is 0 Å². The number of rotatable bonds is 4. The summed E-state index contributed by atoms with van der Waals surface area (Å²) in [5, 5.41) is 8.88. The topological polar surface area (TPSA) is 72.1 Å². The number of likely N-dealkylation sites (tertiary alicyclic amines) is 1. The lowest BCUT2D eigenvalue weighted by Gasteiger charge is -2.46. The van der Waals surface area contributed by atoms with Gasteiger partial charge >= 0.3 is 0 Å². The highest BCUT2D eigenvalue weighted by molar-refractivity contribution is 5.93. The van der Waals surface area contributed by atoms with Crippen molar-refractivity contribution in [1.82, 2.24) is 4.90 Å². The van der Waals surface area contributed by atoms with Gasteiger partial charge in [0.25, 0.3) is 5.91 Å². The molecule has 1 N–H and O–H groups in total. The van der Waals surface area contributed by atoms with Gasteiger partial charge in [-0.25, -0.2) is 0 Å². The summed E-state index contributed by atoms with van der Waals surface area (Å²) in [7, 11) is 0. The average Bonchev–Trinajstić information content (AvgIpc) is 3.08. The van der Waals surface area contributed by atoms with Crippen molar-refractivity contribution < 1.29 is 23.8 Å². The normalized spacial score (nSPS) is 24.6. The van der Waals surface area contributed by atoms with E-state index in [0.29, 0.717) is 31.9 Å². The molecule has 0 bridgehead atoms. The van der Waals surface area contributed by atoms with Gasteiger partial charge in [-0.05, 0) is 25.3 Å². The Labute approximate surface area is 130 Å². The minimum absolute atomic E-state index is 0.0208. The fourth-order valence-corrected chi connectivity index (χ4v) is 3.38. The molecular formula is C16H23NO5. The molecule has 22 heavy (non-hydrogen) atoms. The van der Waals surface area contributed by atoms with Gasteiger partial charge in [0.05, 0.1) is 36.7 Å². The number of furan rings is 1. The number of carbonyl (C=O) groups is 1. The van der Waals surface area contributed by atoms with Crippen molar-refractivity contribution in [2.75, 3.05) is 32.9 Å². The Morgan fingerprint density at radius 2 is 2.27 bits per heavy atom. The lowest BCUT2D eigenvalue weighted by Crippen LogP contribution is -2.52. The number of hydrogen-bond donors (Lipinski definition) is 1. The number of carbonyl (C=O) groups excluding carboxylic acids is 1. The highest BCUT2D eigenvalue weighted by Gasteiger charge is 2.41. The SMILES string of the molecule is O=C(c1ccoc1)N1CCC2(CC1)CC(OCCO)CCO2. The number of aliphatic hydroxyl groups is 1. The zero-order valence-electron chi connectivity index (χ0n) is 12.7. The van der Waals surface area contributed by atoms with Crippen LogP contribution in [0.3, 0.4) is 0 Å². The molecule has 1 amide bonds. The molecule has 2 aliphatic heterocycles. The molecular weight excluding hydrogens is 286 g/mol. The van der Waals surface area contributed by atoms with Crippen molar-refractivity contribution in [3.05, 3.63) is 24.2 Å². The predicted molar refractivity (Wildman–Crippen MR) is 78.6 cm³/mol. The first-order valence-electron chi connectivity index (χ1n) is 7.90. The number of piperidine rings is 1. The molecule has 6 heteroatoms. The smallest absolute Gasteiger partial charge is 0.257 e. The number of ether oxygens (including phenoxy) is 2. The number of aliphatic hydroxyl groups excluding tert-OH is 1. The fraction of sp³-hybridized carbons (Fsp3) is 0.688. The van der Waals surface area contributed by atoms with Crippen molar-refractivity contribution >= 4 is 5.91 Å². The highest BCUT2D eigenvalue weighted by Crippen LogP contribution is 2.36. The van der Waals surface area contributed by atoms with Crippen LogP contribution >= 0.6 is 0 Å². The largest absolute Gasteiger partial charge is 0.472 e. The van der Waals surface area contributed by atoms with Crippen LogP contribution in [0.5, 0.6) is 0 Å². The quantitative estimate of drug-likeness (QED) is 0.911. The Balaban J connectivity index is 1.55. The molecule has 0 saturated carbocycles. The zero-order valence-corrected chi connectivity index (χ0v) is 12.7. The second-order valence-electron chi connectivity index (χ2n) is 6.04. The molecule has 0 aromatic carbocycles. The van der Waals surface area contributed by atoms with Crippen molar-refractivity contribution in [2.45, 2.75) is 37.4 Å². The summed E-state index contributed by atoms with van der Waals surface area (Å²) in [5.41, 5.74) is 0.426. The molecule has 1 spiro atoms. The molecule has 0 aliphatic carbocycles. The zero-order chi connectivity index (χ0) is 15.4. The Morgan fingerprint density at radius 3 is 2.95 bits per heavy atom. The first-order valence-corrected chi connectivity index (χ1v) is 7.90. The monoisotopic (exact) mass is 309 g/mol. The minimum atomic E-state index is -0.175. The van der Waals surface area contributed by atoms with E-state index in [1.54, 1.807) is 6.07 Å². The van der Waals surface area contributed by atoms with E-state index in [9.17, 15) is 4.79 Å². The predicted octanol–water partition coefficient (Wildman–Crippen LogP) is 1.44. The maximum Gasteiger partial charge on any atom is 0.257 e. The van der Waals surface area contributed by atoms with Gasteiger partial charge in [-0.3, -0.25) is 4.79 Å². The van der Waals surface area contributed by atoms with Crippen LogP contribution < -0.4 is 0 Å². The van der Waals surface area contributed by atoms with Crippen molar-refractivity contribution in [2.24, 2.45) is 0 Å². The van der Waals surface area contributed by atoms with Crippen LogP contribution in [-0.4, -0.2) is 60.5 Å². The molecule has 2 aliphatic rings. The summed E-state index contributed by atoms with van der Waals surface area (Å²) in [6, 6.07) is 1.70.